The van der Waals surface area contributed by atoms with Crippen LogP contribution in [0.25, 0.3) is 0 Å². The SMILES string of the molecule is CC(C)C1CCCCC1NCc1cn(C)nn1. The Morgan fingerprint density at radius 1 is 1.41 bits per heavy atom. The molecule has 2 unspecified atom stereocenters. The minimum absolute atomic E-state index is 0.658. The molecule has 17 heavy (non-hydrogen) atoms. The average Bonchev–Trinajstić information content (AvgIpc) is 2.73. The smallest absolute Gasteiger partial charge is 0.0964 e. The monoisotopic (exact) mass is 236 g/mol. The molecule has 0 amide bonds. The Morgan fingerprint density at radius 3 is 2.82 bits per heavy atom. The van der Waals surface area contributed by atoms with Gasteiger partial charge in [0.25, 0.3) is 0 Å². The quantitative estimate of drug-likeness (QED) is 0.870. The molecule has 0 radical (unpaired) electrons. The van der Waals surface area contributed by atoms with Crippen molar-refractivity contribution in [1.29, 1.82) is 0 Å². The zero-order valence-electron chi connectivity index (χ0n) is 11.2. The fraction of sp³-hybridized carbons (Fsp3) is 0.846. The van der Waals surface area contributed by atoms with Crippen LogP contribution in [0, 0.1) is 11.8 Å². The van der Waals surface area contributed by atoms with Gasteiger partial charge in [-0.1, -0.05) is 31.9 Å². The summed E-state index contributed by atoms with van der Waals surface area (Å²) in [6.45, 7) is 5.53. The highest BCUT2D eigenvalue weighted by Gasteiger charge is 2.26. The van der Waals surface area contributed by atoms with Crippen molar-refractivity contribution in [2.24, 2.45) is 18.9 Å². The molecule has 1 heterocycles. The second-order valence-electron chi connectivity index (χ2n) is 5.56. The lowest BCUT2D eigenvalue weighted by molar-refractivity contribution is 0.204. The molecule has 0 bridgehead atoms. The van der Waals surface area contributed by atoms with Crippen molar-refractivity contribution < 1.29 is 0 Å². The molecule has 1 saturated carbocycles. The fourth-order valence-corrected chi connectivity index (χ4v) is 2.92. The number of hydrogen-bond acceptors (Lipinski definition) is 3. The molecule has 4 nitrogen and oxygen atoms in total. The largest absolute Gasteiger partial charge is 0.308 e. The van der Waals surface area contributed by atoms with Crippen LogP contribution >= 0.6 is 0 Å². The van der Waals surface area contributed by atoms with Gasteiger partial charge in [0.15, 0.2) is 0 Å². The van der Waals surface area contributed by atoms with Crippen molar-refractivity contribution in [3.05, 3.63) is 11.9 Å². The lowest BCUT2D eigenvalue weighted by Crippen LogP contribution is -2.40. The molecule has 1 aromatic heterocycles. The van der Waals surface area contributed by atoms with Crippen molar-refractivity contribution in [3.8, 4) is 0 Å². The summed E-state index contributed by atoms with van der Waals surface area (Å²) in [5.74, 6) is 1.59. The first-order chi connectivity index (χ1) is 8.16. The molecule has 1 fully saturated rings. The maximum absolute atomic E-state index is 4.12. The van der Waals surface area contributed by atoms with Crippen molar-refractivity contribution in [2.45, 2.75) is 52.1 Å². The minimum Gasteiger partial charge on any atom is -0.308 e. The Hall–Kier alpha value is -0.900. The topological polar surface area (TPSA) is 42.7 Å². The summed E-state index contributed by atoms with van der Waals surface area (Å²) in [5.41, 5.74) is 1.04. The van der Waals surface area contributed by atoms with Crippen molar-refractivity contribution in [1.82, 2.24) is 20.3 Å². The van der Waals surface area contributed by atoms with E-state index in [0.717, 1.165) is 24.1 Å². The first kappa shape index (κ1) is 12.6. The summed E-state index contributed by atoms with van der Waals surface area (Å²) < 4.78 is 1.76. The Balaban J connectivity index is 1.88. The molecule has 2 rings (SSSR count). The van der Waals surface area contributed by atoms with E-state index in [1.807, 2.05) is 13.2 Å². The zero-order valence-corrected chi connectivity index (χ0v) is 11.2. The van der Waals surface area contributed by atoms with Gasteiger partial charge in [-0.05, 0) is 24.7 Å². The normalized spacial score (nSPS) is 25.4. The van der Waals surface area contributed by atoms with Crippen LogP contribution in [0.15, 0.2) is 6.20 Å². The highest BCUT2D eigenvalue weighted by molar-refractivity contribution is 4.93. The van der Waals surface area contributed by atoms with Gasteiger partial charge in [0, 0.05) is 25.8 Å². The second-order valence-corrected chi connectivity index (χ2v) is 5.56. The van der Waals surface area contributed by atoms with Crippen LogP contribution in [0.2, 0.25) is 0 Å². The molecule has 2 atom stereocenters. The van der Waals surface area contributed by atoms with E-state index in [0.29, 0.717) is 6.04 Å². The summed E-state index contributed by atoms with van der Waals surface area (Å²) in [4.78, 5) is 0. The lowest BCUT2D eigenvalue weighted by Gasteiger charge is -2.34. The van der Waals surface area contributed by atoms with Crippen LogP contribution in [0.1, 0.15) is 45.2 Å². The molecule has 0 aromatic carbocycles. The van der Waals surface area contributed by atoms with E-state index in [-0.39, 0.29) is 0 Å². The molecule has 1 aromatic rings. The number of aryl methyl sites for hydroxylation is 1. The fourth-order valence-electron chi connectivity index (χ4n) is 2.92. The van der Waals surface area contributed by atoms with Crippen LogP contribution in [0.5, 0.6) is 0 Å². The average molecular weight is 236 g/mol. The van der Waals surface area contributed by atoms with Gasteiger partial charge in [-0.3, -0.25) is 4.68 Å². The Bertz CT molecular complexity index is 345. The third-order valence-corrected chi connectivity index (χ3v) is 3.87. The van der Waals surface area contributed by atoms with Crippen molar-refractivity contribution in [2.75, 3.05) is 0 Å². The van der Waals surface area contributed by atoms with Gasteiger partial charge in [0.1, 0.15) is 0 Å². The molecule has 1 aliphatic rings. The van der Waals surface area contributed by atoms with E-state index in [1.165, 1.54) is 25.7 Å². The summed E-state index contributed by atoms with van der Waals surface area (Å²) in [6, 6.07) is 0.658. The lowest BCUT2D eigenvalue weighted by atomic mass is 9.78. The van der Waals surface area contributed by atoms with Crippen molar-refractivity contribution >= 4 is 0 Å². The first-order valence-electron chi connectivity index (χ1n) is 6.75. The van der Waals surface area contributed by atoms with E-state index in [2.05, 4.69) is 29.5 Å². The molecule has 1 N–H and O–H groups in total. The second kappa shape index (κ2) is 5.63. The molecule has 0 saturated heterocycles. The summed E-state index contributed by atoms with van der Waals surface area (Å²) >= 11 is 0. The van der Waals surface area contributed by atoms with Crippen LogP contribution in [-0.4, -0.2) is 21.0 Å². The third kappa shape index (κ3) is 3.28. The number of nitrogens with one attached hydrogen (secondary N) is 1. The molecule has 0 spiro atoms. The Morgan fingerprint density at radius 2 is 2.18 bits per heavy atom. The van der Waals surface area contributed by atoms with Crippen LogP contribution in [0.3, 0.4) is 0 Å². The van der Waals surface area contributed by atoms with Gasteiger partial charge < -0.3 is 5.32 Å². The highest BCUT2D eigenvalue weighted by atomic mass is 15.4. The van der Waals surface area contributed by atoms with Gasteiger partial charge in [-0.15, -0.1) is 5.10 Å². The van der Waals surface area contributed by atoms with Crippen LogP contribution in [0.4, 0.5) is 0 Å². The molecule has 4 heteroatoms. The van der Waals surface area contributed by atoms with Gasteiger partial charge in [0.05, 0.1) is 5.69 Å². The standard InChI is InChI=1S/C13H24N4/c1-10(2)12-6-4-5-7-13(12)14-8-11-9-17(3)16-15-11/h9-10,12-14H,4-8H2,1-3H3. The summed E-state index contributed by atoms with van der Waals surface area (Å²) in [7, 11) is 1.91. The predicted molar refractivity (Wildman–Crippen MR) is 68.4 cm³/mol. The van der Waals surface area contributed by atoms with Crippen molar-refractivity contribution in [3.63, 3.8) is 0 Å². The maximum Gasteiger partial charge on any atom is 0.0964 e. The Labute approximate surface area is 104 Å². The van der Waals surface area contributed by atoms with E-state index >= 15 is 0 Å². The number of aromatic nitrogens is 3. The number of rotatable bonds is 4. The van der Waals surface area contributed by atoms with Crippen LogP contribution in [-0.2, 0) is 13.6 Å². The zero-order chi connectivity index (χ0) is 12.3. The van der Waals surface area contributed by atoms with E-state index < -0.39 is 0 Å². The van der Waals surface area contributed by atoms with Crippen LogP contribution < -0.4 is 5.32 Å². The summed E-state index contributed by atoms with van der Waals surface area (Å²) in [6.07, 6.45) is 7.42. The third-order valence-electron chi connectivity index (χ3n) is 3.87. The predicted octanol–water partition coefficient (Wildman–Crippen LogP) is 2.12. The maximum atomic E-state index is 4.12. The molecular weight excluding hydrogens is 212 g/mol. The van der Waals surface area contributed by atoms with Gasteiger partial charge in [0.2, 0.25) is 0 Å². The minimum atomic E-state index is 0.658. The van der Waals surface area contributed by atoms with Gasteiger partial charge >= 0.3 is 0 Å². The summed E-state index contributed by atoms with van der Waals surface area (Å²) in [5, 5.41) is 11.7. The number of hydrogen-bond donors (Lipinski definition) is 1. The first-order valence-corrected chi connectivity index (χ1v) is 6.75. The van der Waals surface area contributed by atoms with E-state index in [9.17, 15) is 0 Å². The van der Waals surface area contributed by atoms with Gasteiger partial charge in [-0.25, -0.2) is 0 Å². The van der Waals surface area contributed by atoms with E-state index in [1.54, 1.807) is 4.68 Å². The molecule has 0 aliphatic heterocycles. The molecule has 96 valence electrons. The highest BCUT2D eigenvalue weighted by Crippen LogP contribution is 2.30. The van der Waals surface area contributed by atoms with E-state index in [4.69, 9.17) is 0 Å². The molecular formula is C13H24N4. The molecule has 1 aliphatic carbocycles. The Kier molecular flexibility index (Phi) is 4.15. The number of nitrogens with zero attached hydrogens (tertiary/aromatic N) is 3. The van der Waals surface area contributed by atoms with Gasteiger partial charge in [-0.2, -0.15) is 0 Å².